The van der Waals surface area contributed by atoms with Crippen molar-refractivity contribution >= 4 is 5.91 Å². The lowest BCUT2D eigenvalue weighted by molar-refractivity contribution is -0.157. The summed E-state index contributed by atoms with van der Waals surface area (Å²) in [7, 11) is 0. The van der Waals surface area contributed by atoms with E-state index in [-0.39, 0.29) is 12.1 Å². The predicted molar refractivity (Wildman–Crippen MR) is 46.9 cm³/mol. The van der Waals surface area contributed by atoms with Crippen LogP contribution in [0, 0.1) is 0 Å². The molecule has 0 unspecified atom stereocenters. The van der Waals surface area contributed by atoms with E-state index in [1.54, 1.807) is 0 Å². The molecule has 2 bridgehead atoms. The van der Waals surface area contributed by atoms with Gasteiger partial charge in [-0.05, 0) is 25.7 Å². The largest absolute Gasteiger partial charge is 0.336 e. The van der Waals surface area contributed by atoms with Crippen LogP contribution in [0.15, 0.2) is 0 Å². The van der Waals surface area contributed by atoms with Crippen molar-refractivity contribution in [3.05, 3.63) is 0 Å². The first kappa shape index (κ1) is 9.83. The van der Waals surface area contributed by atoms with Crippen LogP contribution >= 0.6 is 0 Å². The average molecular weight is 204 g/mol. The van der Waals surface area contributed by atoms with Gasteiger partial charge >= 0.3 is 5.92 Å². The number of hydrogen-bond donors (Lipinski definition) is 1. The normalized spacial score (nSPS) is 31.2. The number of alkyl halides is 2. The molecule has 0 spiro atoms. The van der Waals surface area contributed by atoms with E-state index in [4.69, 9.17) is 5.73 Å². The summed E-state index contributed by atoms with van der Waals surface area (Å²) in [5, 5.41) is 0. The van der Waals surface area contributed by atoms with E-state index in [1.807, 2.05) is 0 Å². The fourth-order valence-corrected chi connectivity index (χ4v) is 2.52. The van der Waals surface area contributed by atoms with Crippen LogP contribution in [0.25, 0.3) is 0 Å². The number of halogens is 2. The van der Waals surface area contributed by atoms with Crippen LogP contribution in [0.5, 0.6) is 0 Å². The number of amides is 1. The third-order valence-corrected chi connectivity index (χ3v) is 3.26. The molecular weight excluding hydrogens is 190 g/mol. The van der Waals surface area contributed by atoms with Gasteiger partial charge in [0.2, 0.25) is 0 Å². The van der Waals surface area contributed by atoms with Gasteiger partial charge in [-0.25, -0.2) is 0 Å². The highest BCUT2D eigenvalue weighted by atomic mass is 19.3. The molecule has 14 heavy (non-hydrogen) atoms. The van der Waals surface area contributed by atoms with E-state index in [1.165, 1.54) is 4.90 Å². The summed E-state index contributed by atoms with van der Waals surface area (Å²) in [6.07, 6.45) is 3.49. The molecule has 80 valence electrons. The van der Waals surface area contributed by atoms with Gasteiger partial charge in [0.1, 0.15) is 0 Å². The first-order valence-electron chi connectivity index (χ1n) is 4.97. The molecule has 2 fully saturated rings. The maximum Gasteiger partial charge on any atom is 0.336 e. The van der Waals surface area contributed by atoms with Gasteiger partial charge in [-0.15, -0.1) is 0 Å². The van der Waals surface area contributed by atoms with E-state index < -0.39 is 18.4 Å². The minimum absolute atomic E-state index is 0.0462. The number of nitrogens with two attached hydrogens (primary N) is 1. The SMILES string of the molecule is NCC(F)(F)C(=O)N1C2CCC1CC2. The van der Waals surface area contributed by atoms with Crippen LogP contribution in [0.2, 0.25) is 0 Å². The molecule has 0 atom stereocenters. The molecule has 0 radical (unpaired) electrons. The zero-order valence-electron chi connectivity index (χ0n) is 7.88. The lowest BCUT2D eigenvalue weighted by Crippen LogP contribution is -2.49. The predicted octanol–water partition coefficient (Wildman–Crippen LogP) is 0.734. The Hall–Kier alpha value is -0.710. The van der Waals surface area contributed by atoms with Gasteiger partial charge in [-0.1, -0.05) is 0 Å². The molecule has 2 aliphatic heterocycles. The second kappa shape index (κ2) is 3.15. The monoisotopic (exact) mass is 204 g/mol. The molecular formula is C9H14F2N2O. The van der Waals surface area contributed by atoms with Crippen LogP contribution in [-0.4, -0.2) is 35.4 Å². The Balaban J connectivity index is 2.13. The van der Waals surface area contributed by atoms with Crippen LogP contribution in [0.3, 0.4) is 0 Å². The summed E-state index contributed by atoms with van der Waals surface area (Å²) in [5.41, 5.74) is 4.89. The van der Waals surface area contributed by atoms with Crippen molar-refractivity contribution in [2.75, 3.05) is 6.54 Å². The van der Waals surface area contributed by atoms with Gasteiger partial charge in [0, 0.05) is 12.1 Å². The van der Waals surface area contributed by atoms with E-state index in [0.29, 0.717) is 0 Å². The maximum absolute atomic E-state index is 13.1. The van der Waals surface area contributed by atoms with E-state index in [9.17, 15) is 13.6 Å². The molecule has 0 aromatic heterocycles. The molecule has 3 nitrogen and oxygen atoms in total. The number of rotatable bonds is 2. The maximum atomic E-state index is 13.1. The molecule has 0 saturated carbocycles. The van der Waals surface area contributed by atoms with Gasteiger partial charge in [0.05, 0.1) is 6.54 Å². The first-order chi connectivity index (χ1) is 6.56. The number of carbonyl (C=O) groups is 1. The third kappa shape index (κ3) is 1.30. The van der Waals surface area contributed by atoms with Crippen LogP contribution in [0.4, 0.5) is 8.78 Å². The Morgan fingerprint density at radius 2 is 1.71 bits per heavy atom. The van der Waals surface area contributed by atoms with E-state index >= 15 is 0 Å². The molecule has 5 heteroatoms. The third-order valence-electron chi connectivity index (χ3n) is 3.26. The Morgan fingerprint density at radius 1 is 1.29 bits per heavy atom. The molecule has 0 aromatic rings. The van der Waals surface area contributed by atoms with Crippen molar-refractivity contribution in [1.82, 2.24) is 4.90 Å². The minimum atomic E-state index is -3.37. The summed E-state index contributed by atoms with van der Waals surface area (Å²) in [4.78, 5) is 12.8. The first-order valence-corrected chi connectivity index (χ1v) is 4.97. The van der Waals surface area contributed by atoms with Gasteiger partial charge in [-0.2, -0.15) is 8.78 Å². The van der Waals surface area contributed by atoms with E-state index in [2.05, 4.69) is 0 Å². The van der Waals surface area contributed by atoms with Crippen molar-refractivity contribution in [3.8, 4) is 0 Å². The average Bonchev–Trinajstić information content (AvgIpc) is 2.75. The Morgan fingerprint density at radius 3 is 2.07 bits per heavy atom. The summed E-state index contributed by atoms with van der Waals surface area (Å²) in [6.45, 7) is -0.887. The fraction of sp³-hybridized carbons (Fsp3) is 0.889. The number of fused-ring (bicyclic) bond motifs is 2. The highest BCUT2D eigenvalue weighted by Crippen LogP contribution is 2.39. The Bertz CT molecular complexity index is 237. The summed E-state index contributed by atoms with van der Waals surface area (Å²) < 4.78 is 26.1. The molecule has 2 N–H and O–H groups in total. The summed E-state index contributed by atoms with van der Waals surface area (Å²) in [5.74, 6) is -4.43. The second-order valence-electron chi connectivity index (χ2n) is 4.08. The Kier molecular flexibility index (Phi) is 2.21. The summed E-state index contributed by atoms with van der Waals surface area (Å²) in [6, 6.07) is 0.0925. The molecule has 1 amide bonds. The van der Waals surface area contributed by atoms with Crippen molar-refractivity contribution < 1.29 is 13.6 Å². The molecule has 0 aromatic carbocycles. The van der Waals surface area contributed by atoms with Crippen molar-refractivity contribution in [2.45, 2.75) is 43.7 Å². The number of nitrogens with zero attached hydrogens (tertiary/aromatic N) is 1. The van der Waals surface area contributed by atoms with Crippen molar-refractivity contribution in [2.24, 2.45) is 5.73 Å². The molecule has 0 aliphatic carbocycles. The highest BCUT2D eigenvalue weighted by Gasteiger charge is 2.50. The molecule has 2 rings (SSSR count). The van der Waals surface area contributed by atoms with Gasteiger partial charge < -0.3 is 10.6 Å². The van der Waals surface area contributed by atoms with Gasteiger partial charge in [-0.3, -0.25) is 4.79 Å². The lowest BCUT2D eigenvalue weighted by Gasteiger charge is -2.26. The quantitative estimate of drug-likeness (QED) is 0.721. The van der Waals surface area contributed by atoms with Gasteiger partial charge in [0.15, 0.2) is 0 Å². The minimum Gasteiger partial charge on any atom is -0.331 e. The second-order valence-corrected chi connectivity index (χ2v) is 4.08. The molecule has 2 heterocycles. The van der Waals surface area contributed by atoms with Crippen molar-refractivity contribution in [3.63, 3.8) is 0 Å². The highest BCUT2D eigenvalue weighted by molar-refractivity contribution is 5.85. The van der Waals surface area contributed by atoms with Crippen LogP contribution in [-0.2, 0) is 4.79 Å². The lowest BCUT2D eigenvalue weighted by atomic mass is 10.0. The smallest absolute Gasteiger partial charge is 0.331 e. The van der Waals surface area contributed by atoms with Crippen molar-refractivity contribution in [1.29, 1.82) is 0 Å². The fourth-order valence-electron chi connectivity index (χ4n) is 2.52. The summed E-state index contributed by atoms with van der Waals surface area (Å²) >= 11 is 0. The number of hydrogen-bond acceptors (Lipinski definition) is 2. The Labute approximate surface area is 81.2 Å². The van der Waals surface area contributed by atoms with Crippen LogP contribution in [0.1, 0.15) is 25.7 Å². The van der Waals surface area contributed by atoms with E-state index in [0.717, 1.165) is 25.7 Å². The van der Waals surface area contributed by atoms with Gasteiger partial charge in [0.25, 0.3) is 5.91 Å². The van der Waals surface area contributed by atoms with Crippen LogP contribution < -0.4 is 5.73 Å². The zero-order valence-corrected chi connectivity index (χ0v) is 7.88. The number of carbonyl (C=O) groups excluding carboxylic acids is 1. The zero-order chi connectivity index (χ0) is 10.3. The standard InChI is InChI=1S/C9H14F2N2O/c10-9(11,5-12)8(14)13-6-1-2-7(13)4-3-6/h6-7H,1-5,12H2. The molecule has 2 aliphatic rings. The topological polar surface area (TPSA) is 46.3 Å². The molecule has 2 saturated heterocycles.